The van der Waals surface area contributed by atoms with Crippen molar-refractivity contribution in [3.05, 3.63) is 65.1 Å². The summed E-state index contributed by atoms with van der Waals surface area (Å²) in [5, 5.41) is 0.724. The van der Waals surface area contributed by atoms with E-state index in [0.29, 0.717) is 6.54 Å². The van der Waals surface area contributed by atoms with E-state index >= 15 is 0 Å². The Balaban J connectivity index is 1.79. The largest absolute Gasteiger partial charge is 0.416 e. The lowest BCUT2D eigenvalue weighted by molar-refractivity contribution is -0.137. The lowest BCUT2D eigenvalue weighted by atomic mass is 10.0. The average Bonchev–Trinajstić information content (AvgIpc) is 2.92. The molecule has 0 unspecified atom stereocenters. The van der Waals surface area contributed by atoms with Gasteiger partial charge in [0, 0.05) is 61.0 Å². The van der Waals surface area contributed by atoms with E-state index in [1.807, 2.05) is 25.2 Å². The van der Waals surface area contributed by atoms with Crippen LogP contribution in [0.1, 0.15) is 22.5 Å². The Morgan fingerprint density at radius 2 is 2.00 bits per heavy atom. The molecular weight excluding hydrogens is 339 g/mol. The van der Waals surface area contributed by atoms with Crippen molar-refractivity contribution in [2.45, 2.75) is 32.1 Å². The second-order valence-corrected chi connectivity index (χ2v) is 6.87. The molecular formula is C20H20F3N3. The van der Waals surface area contributed by atoms with Crippen molar-refractivity contribution in [2.24, 2.45) is 0 Å². The molecule has 3 heterocycles. The second kappa shape index (κ2) is 6.43. The standard InChI is InChI=1S/C20H20F3N3/c1-25-10-8-19-17(13-25)16-12-14(20(21,22)23)5-6-18(16)26(19)11-7-15-4-2-3-9-24-15/h2-6,9,12H,7-8,10-11,13H2,1H3. The molecule has 0 saturated heterocycles. The summed E-state index contributed by atoms with van der Waals surface area (Å²) in [7, 11) is 2.01. The van der Waals surface area contributed by atoms with Gasteiger partial charge in [0.15, 0.2) is 0 Å². The molecule has 6 heteroatoms. The molecule has 136 valence electrons. The van der Waals surface area contributed by atoms with Gasteiger partial charge in [0.05, 0.1) is 5.56 Å². The molecule has 0 fully saturated rings. The van der Waals surface area contributed by atoms with Gasteiger partial charge in [-0.2, -0.15) is 13.2 Å². The number of alkyl halides is 3. The number of aromatic nitrogens is 2. The molecule has 0 amide bonds. The predicted molar refractivity (Wildman–Crippen MR) is 94.9 cm³/mol. The van der Waals surface area contributed by atoms with Crippen LogP contribution in [-0.4, -0.2) is 28.0 Å². The van der Waals surface area contributed by atoms with E-state index in [4.69, 9.17) is 0 Å². The minimum atomic E-state index is -4.32. The predicted octanol–water partition coefficient (Wildman–Crippen LogP) is 4.29. The van der Waals surface area contributed by atoms with Crippen molar-refractivity contribution >= 4 is 10.9 Å². The van der Waals surface area contributed by atoms with Crippen LogP contribution in [0.4, 0.5) is 13.2 Å². The van der Waals surface area contributed by atoms with Gasteiger partial charge in [-0.1, -0.05) is 6.07 Å². The smallest absolute Gasteiger partial charge is 0.344 e. The van der Waals surface area contributed by atoms with E-state index in [1.165, 1.54) is 12.1 Å². The number of nitrogens with zero attached hydrogens (tertiary/aromatic N) is 3. The third-order valence-corrected chi connectivity index (χ3v) is 5.09. The Bertz CT molecular complexity index is 929. The summed E-state index contributed by atoms with van der Waals surface area (Å²) >= 11 is 0. The van der Waals surface area contributed by atoms with Gasteiger partial charge in [0.25, 0.3) is 0 Å². The SMILES string of the molecule is CN1CCc2c(c3cc(C(F)(F)F)ccc3n2CCc2ccccn2)C1. The third kappa shape index (κ3) is 3.09. The van der Waals surface area contributed by atoms with Gasteiger partial charge in [0.1, 0.15) is 0 Å². The zero-order valence-corrected chi connectivity index (χ0v) is 14.6. The molecule has 4 rings (SSSR count). The maximum Gasteiger partial charge on any atom is 0.416 e. The molecule has 2 aromatic heterocycles. The Hall–Kier alpha value is -2.34. The van der Waals surface area contributed by atoms with Gasteiger partial charge in [-0.25, -0.2) is 0 Å². The molecule has 3 nitrogen and oxygen atoms in total. The van der Waals surface area contributed by atoms with Crippen LogP contribution in [0.15, 0.2) is 42.6 Å². The second-order valence-electron chi connectivity index (χ2n) is 6.87. The molecule has 0 radical (unpaired) electrons. The van der Waals surface area contributed by atoms with E-state index in [1.54, 1.807) is 12.3 Å². The van der Waals surface area contributed by atoms with Gasteiger partial charge >= 0.3 is 6.18 Å². The van der Waals surface area contributed by atoms with Crippen LogP contribution in [0.2, 0.25) is 0 Å². The summed E-state index contributed by atoms with van der Waals surface area (Å²) in [4.78, 5) is 6.52. The first-order chi connectivity index (χ1) is 12.4. The van der Waals surface area contributed by atoms with Crippen molar-refractivity contribution in [3.8, 4) is 0 Å². The quantitative estimate of drug-likeness (QED) is 0.696. The van der Waals surface area contributed by atoms with Gasteiger partial charge in [-0.05, 0) is 42.9 Å². The minimum absolute atomic E-state index is 0.581. The fourth-order valence-corrected chi connectivity index (χ4v) is 3.79. The van der Waals surface area contributed by atoms with Crippen molar-refractivity contribution < 1.29 is 13.2 Å². The van der Waals surface area contributed by atoms with E-state index in [2.05, 4.69) is 14.5 Å². The molecule has 26 heavy (non-hydrogen) atoms. The van der Waals surface area contributed by atoms with Crippen LogP contribution in [0, 0.1) is 0 Å². The number of pyridine rings is 1. The molecule has 0 aliphatic carbocycles. The summed E-state index contributed by atoms with van der Waals surface area (Å²) < 4.78 is 41.7. The maximum atomic E-state index is 13.2. The van der Waals surface area contributed by atoms with Crippen LogP contribution >= 0.6 is 0 Å². The Labute approximate surface area is 150 Å². The minimum Gasteiger partial charge on any atom is -0.344 e. The van der Waals surface area contributed by atoms with Crippen molar-refractivity contribution in [2.75, 3.05) is 13.6 Å². The number of fused-ring (bicyclic) bond motifs is 3. The van der Waals surface area contributed by atoms with Crippen molar-refractivity contribution in [1.29, 1.82) is 0 Å². The van der Waals surface area contributed by atoms with E-state index in [0.717, 1.165) is 53.8 Å². The van der Waals surface area contributed by atoms with Crippen molar-refractivity contribution in [1.82, 2.24) is 14.5 Å². The lowest BCUT2D eigenvalue weighted by Gasteiger charge is -2.24. The Morgan fingerprint density at radius 3 is 2.73 bits per heavy atom. The molecule has 0 saturated carbocycles. The molecule has 3 aromatic rings. The fraction of sp³-hybridized carbons (Fsp3) is 0.350. The Kier molecular flexibility index (Phi) is 4.23. The van der Waals surface area contributed by atoms with E-state index in [9.17, 15) is 13.2 Å². The van der Waals surface area contributed by atoms with Crippen LogP contribution in [0.5, 0.6) is 0 Å². The first kappa shape index (κ1) is 17.1. The normalized spacial score (nSPS) is 15.4. The maximum absolute atomic E-state index is 13.2. The van der Waals surface area contributed by atoms with Crippen LogP contribution in [-0.2, 0) is 32.1 Å². The lowest BCUT2D eigenvalue weighted by Crippen LogP contribution is -2.27. The van der Waals surface area contributed by atoms with E-state index in [-0.39, 0.29) is 0 Å². The summed E-state index contributed by atoms with van der Waals surface area (Å²) in [6, 6.07) is 9.93. The molecule has 1 aromatic carbocycles. The first-order valence-corrected chi connectivity index (χ1v) is 8.73. The highest BCUT2D eigenvalue weighted by Crippen LogP contribution is 2.36. The molecule has 1 aliphatic heterocycles. The number of rotatable bonds is 3. The number of hydrogen-bond acceptors (Lipinski definition) is 2. The monoisotopic (exact) mass is 359 g/mol. The first-order valence-electron chi connectivity index (χ1n) is 8.73. The zero-order valence-electron chi connectivity index (χ0n) is 14.6. The summed E-state index contributed by atoms with van der Waals surface area (Å²) in [6.45, 7) is 2.32. The number of hydrogen-bond donors (Lipinski definition) is 0. The average molecular weight is 359 g/mol. The van der Waals surface area contributed by atoms with Crippen LogP contribution in [0.25, 0.3) is 10.9 Å². The summed E-state index contributed by atoms with van der Waals surface area (Å²) in [5.41, 5.74) is 3.48. The number of halogens is 3. The van der Waals surface area contributed by atoms with Crippen LogP contribution < -0.4 is 0 Å². The zero-order chi connectivity index (χ0) is 18.3. The van der Waals surface area contributed by atoms with Gasteiger partial charge in [0.2, 0.25) is 0 Å². The van der Waals surface area contributed by atoms with Gasteiger partial charge in [-0.15, -0.1) is 0 Å². The molecule has 0 atom stereocenters. The Morgan fingerprint density at radius 1 is 1.15 bits per heavy atom. The number of aryl methyl sites for hydroxylation is 2. The number of benzene rings is 1. The van der Waals surface area contributed by atoms with E-state index < -0.39 is 11.7 Å². The van der Waals surface area contributed by atoms with Crippen molar-refractivity contribution in [3.63, 3.8) is 0 Å². The van der Waals surface area contributed by atoms with Gasteiger partial charge < -0.3 is 9.47 Å². The number of likely N-dealkylation sites (N-methyl/N-ethyl adjacent to an activating group) is 1. The fourth-order valence-electron chi connectivity index (χ4n) is 3.79. The summed E-state index contributed by atoms with van der Waals surface area (Å²) in [6.07, 6.45) is -0.946. The highest BCUT2D eigenvalue weighted by molar-refractivity contribution is 5.86. The summed E-state index contributed by atoms with van der Waals surface area (Å²) in [5.74, 6) is 0. The topological polar surface area (TPSA) is 21.1 Å². The molecule has 0 spiro atoms. The van der Waals surface area contributed by atoms with Crippen LogP contribution in [0.3, 0.4) is 0 Å². The highest BCUT2D eigenvalue weighted by Gasteiger charge is 2.32. The highest BCUT2D eigenvalue weighted by atomic mass is 19.4. The molecule has 0 bridgehead atoms. The third-order valence-electron chi connectivity index (χ3n) is 5.09. The van der Waals surface area contributed by atoms with Gasteiger partial charge in [-0.3, -0.25) is 4.98 Å². The molecule has 1 aliphatic rings. The molecule has 0 N–H and O–H groups in total.